The summed E-state index contributed by atoms with van der Waals surface area (Å²) < 4.78 is 71.4. The molecule has 16 nitrogen and oxygen atoms in total. The number of nitriles is 1. The smallest absolute Gasteiger partial charge is 0.356 e. The standard InChI is InChI=1S/C38H36F4N12O4S/c1-37(2,19-53-27(33-47-36(57)59-50-33)14-29(49-53)38(40,41)42)48-34(55)28(12-20-16-44-51(3)18-20)52-10-9-22-23(7-8-24(39)31(22)35(52)56)32-21(15-43)13-26-25(46-32)17-45-54(26)30-6-4-5-11-58-30/h7-8,13-14,16-18,28,30H,4-6,9-12,19H2,1-3H3,(H,48,55)(H,47,50,57)/t28-,30?/m1/s1. The average molecular weight is 833 g/mol. The highest BCUT2D eigenvalue weighted by molar-refractivity contribution is 7.03. The molecule has 1 saturated heterocycles. The molecular formula is C38H36F4N12O4S. The number of aromatic amines is 1. The van der Waals surface area contributed by atoms with Crippen molar-refractivity contribution in [2.75, 3.05) is 13.2 Å². The van der Waals surface area contributed by atoms with Gasteiger partial charge < -0.3 is 15.0 Å². The van der Waals surface area contributed by atoms with Crippen LogP contribution < -0.4 is 10.2 Å². The number of halogens is 4. The van der Waals surface area contributed by atoms with Gasteiger partial charge in [0, 0.05) is 49.9 Å². The molecule has 2 atom stereocenters. The van der Waals surface area contributed by atoms with Gasteiger partial charge in [-0.1, -0.05) is 0 Å². The number of aromatic nitrogens is 9. The van der Waals surface area contributed by atoms with Crippen LogP contribution >= 0.6 is 11.5 Å². The second-order valence-corrected chi connectivity index (χ2v) is 15.9. The zero-order valence-corrected chi connectivity index (χ0v) is 32.7. The highest BCUT2D eigenvalue weighted by Crippen LogP contribution is 2.36. The van der Waals surface area contributed by atoms with Crippen LogP contribution in [-0.2, 0) is 42.1 Å². The second kappa shape index (κ2) is 15.2. The Labute approximate surface area is 336 Å². The maximum atomic E-state index is 15.9. The van der Waals surface area contributed by atoms with Crippen LogP contribution in [0.2, 0.25) is 0 Å². The molecule has 1 aromatic carbocycles. The molecule has 0 spiro atoms. The van der Waals surface area contributed by atoms with Gasteiger partial charge in [0.15, 0.2) is 17.7 Å². The molecule has 1 fully saturated rings. The molecule has 306 valence electrons. The molecule has 2 N–H and O–H groups in total. The predicted molar refractivity (Wildman–Crippen MR) is 203 cm³/mol. The lowest BCUT2D eigenvalue weighted by atomic mass is 9.89. The largest absolute Gasteiger partial charge is 0.435 e. The number of aryl methyl sites for hydroxylation is 1. The van der Waals surface area contributed by atoms with Gasteiger partial charge in [0.2, 0.25) is 5.91 Å². The van der Waals surface area contributed by atoms with E-state index in [4.69, 9.17) is 9.72 Å². The van der Waals surface area contributed by atoms with Gasteiger partial charge >= 0.3 is 11.0 Å². The Bertz CT molecular complexity index is 2700. The molecule has 8 rings (SSSR count). The second-order valence-electron chi connectivity index (χ2n) is 15.1. The van der Waals surface area contributed by atoms with Crippen molar-refractivity contribution in [3.8, 4) is 28.8 Å². The van der Waals surface area contributed by atoms with Gasteiger partial charge in [-0.25, -0.2) is 14.1 Å². The number of amides is 2. The lowest BCUT2D eigenvalue weighted by Gasteiger charge is -2.37. The Kier molecular flexibility index (Phi) is 10.2. The van der Waals surface area contributed by atoms with Gasteiger partial charge in [-0.3, -0.25) is 28.7 Å². The van der Waals surface area contributed by atoms with E-state index < -0.39 is 46.0 Å². The summed E-state index contributed by atoms with van der Waals surface area (Å²) in [4.78, 5) is 48.6. The van der Waals surface area contributed by atoms with E-state index in [1.807, 2.05) is 0 Å². The minimum atomic E-state index is -4.81. The summed E-state index contributed by atoms with van der Waals surface area (Å²) >= 11 is 0.530. The van der Waals surface area contributed by atoms with Gasteiger partial charge in [0.1, 0.15) is 29.1 Å². The maximum absolute atomic E-state index is 15.9. The fraction of sp³-hybridized carbons (Fsp3) is 0.395. The Morgan fingerprint density at radius 3 is 2.66 bits per heavy atom. The first-order valence-electron chi connectivity index (χ1n) is 18.6. The van der Waals surface area contributed by atoms with Crippen molar-refractivity contribution in [1.29, 1.82) is 5.26 Å². The monoisotopic (exact) mass is 832 g/mol. The fourth-order valence-corrected chi connectivity index (χ4v) is 8.16. The molecule has 0 aliphatic carbocycles. The molecule has 59 heavy (non-hydrogen) atoms. The van der Waals surface area contributed by atoms with E-state index in [2.05, 4.69) is 36.0 Å². The van der Waals surface area contributed by atoms with Gasteiger partial charge in [-0.15, -0.1) is 0 Å². The van der Waals surface area contributed by atoms with Crippen molar-refractivity contribution in [1.82, 2.24) is 53.9 Å². The lowest BCUT2D eigenvalue weighted by molar-refractivity contribution is -0.141. The SMILES string of the molecule is Cn1cc(C[C@H](C(=O)NC(C)(C)Cn2nc(C(F)(F)F)cc2-c2nsc(=O)[nH]2)N2CCc3c(-c4nc5cnn(C6CCCCO6)c5cc4C#N)ccc(F)c3C2=O)cn1. The van der Waals surface area contributed by atoms with Crippen LogP contribution in [0.5, 0.6) is 0 Å². The van der Waals surface area contributed by atoms with E-state index in [1.165, 1.54) is 21.8 Å². The summed E-state index contributed by atoms with van der Waals surface area (Å²) in [5, 5.41) is 25.6. The quantitative estimate of drug-likeness (QED) is 0.182. The Morgan fingerprint density at radius 2 is 1.98 bits per heavy atom. The van der Waals surface area contributed by atoms with Gasteiger partial charge in [0.05, 0.1) is 46.8 Å². The van der Waals surface area contributed by atoms with Crippen LogP contribution in [-0.4, -0.2) is 85.1 Å². The number of nitrogens with zero attached hydrogens (tertiary/aromatic N) is 10. The first-order valence-corrected chi connectivity index (χ1v) is 19.4. The van der Waals surface area contributed by atoms with Gasteiger partial charge in [-0.05, 0) is 74.9 Å². The predicted octanol–water partition coefficient (Wildman–Crippen LogP) is 4.77. The number of hydrogen-bond donors (Lipinski definition) is 2. The molecule has 2 amide bonds. The molecule has 0 saturated carbocycles. The normalized spacial score (nSPS) is 16.6. The Morgan fingerprint density at radius 1 is 1.17 bits per heavy atom. The van der Waals surface area contributed by atoms with E-state index in [0.29, 0.717) is 45.9 Å². The molecule has 6 aromatic rings. The highest BCUT2D eigenvalue weighted by atomic mass is 32.1. The van der Waals surface area contributed by atoms with Crippen LogP contribution in [0.25, 0.3) is 33.8 Å². The number of carbonyl (C=O) groups excluding carboxylic acids is 2. The molecule has 0 bridgehead atoms. The number of alkyl halides is 3. The zero-order chi connectivity index (χ0) is 41.8. The summed E-state index contributed by atoms with van der Waals surface area (Å²) in [6.45, 7) is 3.39. The summed E-state index contributed by atoms with van der Waals surface area (Å²) in [5.41, 5.74) is -0.0830. The number of carbonyl (C=O) groups is 2. The van der Waals surface area contributed by atoms with E-state index in [-0.39, 0.29) is 60.5 Å². The van der Waals surface area contributed by atoms with Crippen molar-refractivity contribution in [3.05, 3.63) is 86.3 Å². The minimum Gasteiger partial charge on any atom is -0.356 e. The van der Waals surface area contributed by atoms with Gasteiger partial charge in [-0.2, -0.15) is 38.1 Å². The maximum Gasteiger partial charge on any atom is 0.435 e. The number of fused-ring (bicyclic) bond motifs is 2. The van der Waals surface area contributed by atoms with Crippen molar-refractivity contribution >= 4 is 34.4 Å². The summed E-state index contributed by atoms with van der Waals surface area (Å²) in [5.74, 6) is -2.39. The average Bonchev–Trinajstić information content (AvgIpc) is 4.00. The number of H-pyrrole nitrogens is 1. The zero-order valence-electron chi connectivity index (χ0n) is 31.9. The summed E-state index contributed by atoms with van der Waals surface area (Å²) in [6, 6.07) is 6.01. The van der Waals surface area contributed by atoms with Crippen molar-refractivity contribution < 1.29 is 31.9 Å². The first-order chi connectivity index (χ1) is 28.1. The number of pyridine rings is 1. The van der Waals surface area contributed by atoms with Crippen LogP contribution in [0, 0.1) is 17.1 Å². The Hall–Kier alpha value is -6.27. The molecule has 1 unspecified atom stereocenters. The Balaban J connectivity index is 1.11. The molecule has 5 aromatic heterocycles. The molecule has 2 aliphatic heterocycles. The van der Waals surface area contributed by atoms with E-state index >= 15 is 4.39 Å². The van der Waals surface area contributed by atoms with E-state index in [0.717, 1.165) is 36.1 Å². The van der Waals surface area contributed by atoms with Crippen LogP contribution in [0.3, 0.4) is 0 Å². The van der Waals surface area contributed by atoms with Crippen LogP contribution in [0.4, 0.5) is 17.6 Å². The van der Waals surface area contributed by atoms with Gasteiger partial charge in [0.25, 0.3) is 5.91 Å². The van der Waals surface area contributed by atoms with E-state index in [1.54, 1.807) is 44.0 Å². The molecular weight excluding hydrogens is 797 g/mol. The lowest BCUT2D eigenvalue weighted by Crippen LogP contribution is -2.58. The van der Waals surface area contributed by atoms with Crippen molar-refractivity contribution in [3.63, 3.8) is 0 Å². The molecule has 21 heteroatoms. The number of rotatable bonds is 10. The number of ether oxygens (including phenoxy) is 1. The number of nitrogens with one attached hydrogen (secondary N) is 2. The summed E-state index contributed by atoms with van der Waals surface area (Å²) in [7, 11) is 1.68. The highest BCUT2D eigenvalue weighted by Gasteiger charge is 2.40. The minimum absolute atomic E-state index is 0.0302. The van der Waals surface area contributed by atoms with Crippen LogP contribution in [0.15, 0.2) is 47.7 Å². The third kappa shape index (κ3) is 7.72. The molecule has 0 radical (unpaired) electrons. The number of hydrogen-bond acceptors (Lipinski definition) is 11. The van der Waals surface area contributed by atoms with Crippen molar-refractivity contribution in [2.24, 2.45) is 7.05 Å². The van der Waals surface area contributed by atoms with Crippen LogP contribution in [0.1, 0.15) is 72.1 Å². The topological polar surface area (TPSA) is 195 Å². The fourth-order valence-electron chi connectivity index (χ4n) is 7.70. The summed E-state index contributed by atoms with van der Waals surface area (Å²) in [6.07, 6.45) is 2.39. The number of benzene rings is 1. The first kappa shape index (κ1) is 39.6. The third-order valence-corrected chi connectivity index (χ3v) is 10.9. The van der Waals surface area contributed by atoms with E-state index in [9.17, 15) is 32.8 Å². The van der Waals surface area contributed by atoms with Crippen molar-refractivity contribution in [2.45, 2.75) is 76.5 Å². The molecule has 7 heterocycles. The molecule has 2 aliphatic rings. The third-order valence-electron chi connectivity index (χ3n) is 10.4.